The van der Waals surface area contributed by atoms with Crippen LogP contribution in [0.1, 0.15) is 16.5 Å². The fourth-order valence-electron chi connectivity index (χ4n) is 4.11. The van der Waals surface area contributed by atoms with Gasteiger partial charge in [-0.2, -0.15) is 0 Å². The molecule has 33 heavy (non-hydrogen) atoms. The number of nitrogens with one attached hydrogen (secondary N) is 2. The number of anilines is 3. The number of benzene rings is 4. The number of urea groups is 1. The maximum atomic E-state index is 12.6. The Kier molecular flexibility index (Phi) is 5.75. The molecule has 1 saturated heterocycles. The Morgan fingerprint density at radius 1 is 0.879 bits per heavy atom. The zero-order valence-corrected chi connectivity index (χ0v) is 18.9. The predicted molar refractivity (Wildman–Crippen MR) is 137 cm³/mol. The molecule has 0 saturated carbocycles. The lowest BCUT2D eigenvalue weighted by molar-refractivity contribution is -0.115. The number of nitrogens with zero attached hydrogens (tertiary/aromatic N) is 1. The largest absolute Gasteiger partial charge is 0.323 e. The molecule has 0 bridgehead atoms. The summed E-state index contributed by atoms with van der Waals surface area (Å²) in [4.78, 5) is 27.1. The smallest absolute Gasteiger partial charge is 0.308 e. The first-order valence-electron chi connectivity index (χ1n) is 10.8. The molecule has 3 amide bonds. The van der Waals surface area contributed by atoms with E-state index < -0.39 is 0 Å². The lowest BCUT2D eigenvalue weighted by Gasteiger charge is -2.26. The van der Waals surface area contributed by atoms with Gasteiger partial charge in [-0.25, -0.2) is 4.79 Å². The third kappa shape index (κ3) is 4.30. The number of carbonyl (C=O) groups excluding carboxylic acids is 2. The second-order valence-electron chi connectivity index (χ2n) is 7.94. The quantitative estimate of drug-likeness (QED) is 0.367. The molecule has 2 N–H and O–H groups in total. The number of fused-ring (bicyclic) bond motifs is 1. The van der Waals surface area contributed by atoms with Gasteiger partial charge in [-0.1, -0.05) is 66.7 Å². The van der Waals surface area contributed by atoms with Crippen LogP contribution in [-0.4, -0.2) is 17.7 Å². The maximum absolute atomic E-state index is 12.6. The Morgan fingerprint density at radius 2 is 1.61 bits per heavy atom. The van der Waals surface area contributed by atoms with Gasteiger partial charge in [-0.3, -0.25) is 9.69 Å². The summed E-state index contributed by atoms with van der Waals surface area (Å²) in [6, 6.07) is 29.1. The summed E-state index contributed by atoms with van der Waals surface area (Å²) in [5.74, 6) is 0.558. The Hall–Kier alpha value is -3.77. The second-order valence-corrected chi connectivity index (χ2v) is 9.01. The van der Waals surface area contributed by atoms with Crippen LogP contribution in [0.5, 0.6) is 0 Å². The molecule has 1 fully saturated rings. The zero-order valence-electron chi connectivity index (χ0n) is 18.1. The van der Waals surface area contributed by atoms with Crippen molar-refractivity contribution in [3.63, 3.8) is 0 Å². The van der Waals surface area contributed by atoms with Crippen molar-refractivity contribution in [3.8, 4) is 0 Å². The summed E-state index contributed by atoms with van der Waals surface area (Å²) in [6.45, 7) is 2.02. The molecule has 1 aliphatic rings. The summed E-state index contributed by atoms with van der Waals surface area (Å²) in [7, 11) is 0. The summed E-state index contributed by atoms with van der Waals surface area (Å²) in [5.41, 5.74) is 4.48. The number of para-hydroxylation sites is 1. The highest BCUT2D eigenvalue weighted by Crippen LogP contribution is 2.42. The van der Waals surface area contributed by atoms with E-state index in [1.165, 1.54) is 0 Å². The topological polar surface area (TPSA) is 61.4 Å². The zero-order chi connectivity index (χ0) is 22.8. The Bertz CT molecular complexity index is 1330. The number of carbonyl (C=O) groups is 2. The van der Waals surface area contributed by atoms with E-state index in [1.807, 2.05) is 103 Å². The number of amides is 3. The Balaban J connectivity index is 1.31. The number of hydrogen-bond donors (Lipinski definition) is 2. The SMILES string of the molecule is Cc1ccccc1N1C(=O)CSC1c1ccc(NC(=O)Nc2cccc3ccccc23)cc1. The first-order chi connectivity index (χ1) is 16.1. The molecule has 5 rings (SSSR count). The fourth-order valence-corrected chi connectivity index (χ4v) is 5.28. The molecule has 0 aliphatic carbocycles. The highest BCUT2D eigenvalue weighted by molar-refractivity contribution is 8.00. The highest BCUT2D eigenvalue weighted by atomic mass is 32.2. The second kappa shape index (κ2) is 9.00. The summed E-state index contributed by atoms with van der Waals surface area (Å²) >= 11 is 1.61. The lowest BCUT2D eigenvalue weighted by atomic mass is 10.1. The summed E-state index contributed by atoms with van der Waals surface area (Å²) in [5, 5.41) is 7.81. The van der Waals surface area contributed by atoms with Gasteiger partial charge in [0.25, 0.3) is 0 Å². The van der Waals surface area contributed by atoms with Crippen LogP contribution >= 0.6 is 11.8 Å². The molecular weight excluding hydrogens is 430 g/mol. The molecule has 0 spiro atoms. The molecule has 1 atom stereocenters. The number of aryl methyl sites for hydroxylation is 1. The van der Waals surface area contributed by atoms with Crippen LogP contribution in [0.15, 0.2) is 91.0 Å². The van der Waals surface area contributed by atoms with E-state index in [2.05, 4.69) is 10.6 Å². The monoisotopic (exact) mass is 453 g/mol. The molecule has 164 valence electrons. The number of hydrogen-bond acceptors (Lipinski definition) is 3. The van der Waals surface area contributed by atoms with Gasteiger partial charge in [0.15, 0.2) is 0 Å². The Morgan fingerprint density at radius 3 is 2.42 bits per heavy atom. The Labute approximate surface area is 196 Å². The maximum Gasteiger partial charge on any atom is 0.323 e. The van der Waals surface area contributed by atoms with E-state index in [4.69, 9.17) is 0 Å². The molecule has 6 heteroatoms. The van der Waals surface area contributed by atoms with Crippen LogP contribution in [0.25, 0.3) is 10.8 Å². The van der Waals surface area contributed by atoms with Crippen molar-refractivity contribution >= 4 is 51.5 Å². The van der Waals surface area contributed by atoms with Crippen LogP contribution in [0, 0.1) is 6.92 Å². The van der Waals surface area contributed by atoms with Crippen molar-refractivity contribution in [2.75, 3.05) is 21.3 Å². The molecule has 4 aromatic carbocycles. The van der Waals surface area contributed by atoms with Gasteiger partial charge in [0, 0.05) is 16.8 Å². The molecule has 4 aromatic rings. The molecule has 0 aromatic heterocycles. The minimum Gasteiger partial charge on any atom is -0.308 e. The first kappa shape index (κ1) is 21.1. The van der Waals surface area contributed by atoms with Crippen molar-refractivity contribution in [1.82, 2.24) is 0 Å². The van der Waals surface area contributed by atoms with Gasteiger partial charge in [0.1, 0.15) is 5.37 Å². The van der Waals surface area contributed by atoms with Gasteiger partial charge in [-0.15, -0.1) is 11.8 Å². The average molecular weight is 454 g/mol. The predicted octanol–water partition coefficient (Wildman–Crippen LogP) is 6.57. The lowest BCUT2D eigenvalue weighted by Crippen LogP contribution is -2.28. The van der Waals surface area contributed by atoms with Crippen LogP contribution < -0.4 is 15.5 Å². The van der Waals surface area contributed by atoms with Crippen LogP contribution in [0.4, 0.5) is 21.9 Å². The standard InChI is InChI=1S/C27H23N3O2S/c1-18-7-2-5-12-24(18)30-25(31)17-33-26(30)20-13-15-21(16-14-20)28-27(32)29-23-11-6-9-19-8-3-4-10-22(19)23/h2-16,26H,17H2,1H3,(H2,28,29,32). The van der Waals surface area contributed by atoms with E-state index in [9.17, 15) is 9.59 Å². The van der Waals surface area contributed by atoms with Gasteiger partial charge >= 0.3 is 6.03 Å². The number of thioether (sulfide) groups is 1. The molecule has 1 aliphatic heterocycles. The van der Waals surface area contributed by atoms with Gasteiger partial charge in [-0.05, 0) is 47.7 Å². The van der Waals surface area contributed by atoms with Gasteiger partial charge in [0.2, 0.25) is 5.91 Å². The van der Waals surface area contributed by atoms with Crippen LogP contribution in [-0.2, 0) is 4.79 Å². The van der Waals surface area contributed by atoms with E-state index in [0.717, 1.165) is 33.3 Å². The minimum atomic E-state index is -0.300. The van der Waals surface area contributed by atoms with E-state index >= 15 is 0 Å². The summed E-state index contributed by atoms with van der Waals surface area (Å²) < 4.78 is 0. The van der Waals surface area contributed by atoms with Crippen LogP contribution in [0.2, 0.25) is 0 Å². The molecular formula is C27H23N3O2S. The van der Waals surface area contributed by atoms with Gasteiger partial charge < -0.3 is 10.6 Å². The van der Waals surface area contributed by atoms with Crippen molar-refractivity contribution in [2.24, 2.45) is 0 Å². The summed E-state index contributed by atoms with van der Waals surface area (Å²) in [6.07, 6.45) is 0. The van der Waals surface area contributed by atoms with Crippen molar-refractivity contribution < 1.29 is 9.59 Å². The molecule has 5 nitrogen and oxygen atoms in total. The first-order valence-corrected chi connectivity index (χ1v) is 11.8. The van der Waals surface area contributed by atoms with Crippen molar-refractivity contribution in [2.45, 2.75) is 12.3 Å². The van der Waals surface area contributed by atoms with E-state index in [1.54, 1.807) is 11.8 Å². The van der Waals surface area contributed by atoms with Crippen LogP contribution in [0.3, 0.4) is 0 Å². The minimum absolute atomic E-state index is 0.0860. The molecule has 0 radical (unpaired) electrons. The normalized spacial score (nSPS) is 15.6. The third-order valence-electron chi connectivity index (χ3n) is 5.73. The average Bonchev–Trinajstić information content (AvgIpc) is 3.21. The van der Waals surface area contributed by atoms with Crippen molar-refractivity contribution in [3.05, 3.63) is 102 Å². The van der Waals surface area contributed by atoms with Crippen molar-refractivity contribution in [1.29, 1.82) is 0 Å². The van der Waals surface area contributed by atoms with E-state index in [0.29, 0.717) is 11.4 Å². The van der Waals surface area contributed by atoms with E-state index in [-0.39, 0.29) is 17.3 Å². The highest BCUT2D eigenvalue weighted by Gasteiger charge is 2.34. The number of rotatable bonds is 4. The molecule has 1 heterocycles. The van der Waals surface area contributed by atoms with Gasteiger partial charge in [0.05, 0.1) is 11.4 Å². The third-order valence-corrected chi connectivity index (χ3v) is 6.95. The fraction of sp³-hybridized carbons (Fsp3) is 0.111. The molecule has 1 unspecified atom stereocenters.